The zero-order chi connectivity index (χ0) is 22.6. The van der Waals surface area contributed by atoms with Crippen LogP contribution < -0.4 is 25.7 Å². The van der Waals surface area contributed by atoms with E-state index in [1.165, 1.54) is 12.8 Å². The Kier molecular flexibility index (Phi) is 12.1. The minimum Gasteiger partial charge on any atom is -0.493 e. The molecule has 0 spiro atoms. The molecule has 0 unspecified atom stereocenters. The van der Waals surface area contributed by atoms with E-state index in [4.69, 9.17) is 14.5 Å². The number of hydrogen-bond acceptors (Lipinski definition) is 4. The lowest BCUT2D eigenvalue weighted by molar-refractivity contribution is 0.198. The molecule has 0 amide bonds. The third-order valence-corrected chi connectivity index (χ3v) is 5.64. The second-order valence-corrected chi connectivity index (χ2v) is 8.03. The number of aromatic nitrogens is 1. The highest BCUT2D eigenvalue weighted by atomic mass is 127. The van der Waals surface area contributed by atoms with Crippen molar-refractivity contribution < 1.29 is 9.47 Å². The van der Waals surface area contributed by atoms with Crippen LogP contribution in [0.15, 0.2) is 52.4 Å². The van der Waals surface area contributed by atoms with Gasteiger partial charge in [-0.2, -0.15) is 0 Å². The Morgan fingerprint density at radius 1 is 1.12 bits per heavy atom. The average Bonchev–Trinajstić information content (AvgIpc) is 3.32. The van der Waals surface area contributed by atoms with Gasteiger partial charge in [-0.15, -0.1) is 24.0 Å². The van der Waals surface area contributed by atoms with E-state index >= 15 is 0 Å². The molecule has 1 heterocycles. The van der Waals surface area contributed by atoms with Crippen molar-refractivity contribution in [3.05, 3.63) is 58.5 Å². The van der Waals surface area contributed by atoms with Crippen LogP contribution >= 0.6 is 24.0 Å². The summed E-state index contributed by atoms with van der Waals surface area (Å²) in [7, 11) is 1.68. The van der Waals surface area contributed by atoms with E-state index < -0.39 is 0 Å². The Bertz CT molecular complexity index is 926. The molecular weight excluding hydrogens is 531 g/mol. The first-order chi connectivity index (χ1) is 15.7. The van der Waals surface area contributed by atoms with Crippen LogP contribution in [0.5, 0.6) is 11.5 Å². The van der Waals surface area contributed by atoms with Crippen LogP contribution in [0.4, 0.5) is 0 Å². The number of rotatable bonds is 11. The van der Waals surface area contributed by atoms with E-state index in [0.717, 1.165) is 68.3 Å². The summed E-state index contributed by atoms with van der Waals surface area (Å²) in [6.45, 7) is 4.86. The van der Waals surface area contributed by atoms with Crippen molar-refractivity contribution in [2.75, 3.05) is 20.2 Å². The van der Waals surface area contributed by atoms with Crippen molar-refractivity contribution in [1.29, 1.82) is 0 Å². The predicted octanol–water partition coefficient (Wildman–Crippen LogP) is 4.33. The molecule has 0 aliphatic heterocycles. The fourth-order valence-electron chi connectivity index (χ4n) is 3.92. The van der Waals surface area contributed by atoms with E-state index in [0.29, 0.717) is 6.54 Å². The molecule has 1 aromatic heterocycles. The number of pyridine rings is 1. The van der Waals surface area contributed by atoms with Gasteiger partial charge in [0.05, 0.1) is 19.8 Å². The topological polar surface area (TPSA) is 76.9 Å². The van der Waals surface area contributed by atoms with Crippen LogP contribution in [0.3, 0.4) is 0 Å². The number of nitrogens with zero attached hydrogens (tertiary/aromatic N) is 2. The van der Waals surface area contributed by atoms with E-state index in [1.807, 2.05) is 24.4 Å². The highest BCUT2D eigenvalue weighted by Crippen LogP contribution is 2.35. The van der Waals surface area contributed by atoms with Crippen LogP contribution in [0.1, 0.15) is 51.0 Å². The molecule has 0 bridgehead atoms. The smallest absolute Gasteiger partial charge is 0.250 e. The number of aliphatic imine (C=N–C) groups is 1. The number of para-hydroxylation sites is 1. The van der Waals surface area contributed by atoms with Gasteiger partial charge in [-0.05, 0) is 57.6 Å². The van der Waals surface area contributed by atoms with Crippen molar-refractivity contribution >= 4 is 29.9 Å². The largest absolute Gasteiger partial charge is 0.493 e. The summed E-state index contributed by atoms with van der Waals surface area (Å²) < 4.78 is 13.6. The van der Waals surface area contributed by atoms with Crippen molar-refractivity contribution in [2.24, 2.45) is 4.99 Å². The van der Waals surface area contributed by atoms with Gasteiger partial charge in [-0.3, -0.25) is 4.79 Å². The molecule has 0 saturated heterocycles. The molecule has 0 radical (unpaired) electrons. The zero-order valence-electron chi connectivity index (χ0n) is 19.7. The first-order valence-electron chi connectivity index (χ1n) is 11.7. The van der Waals surface area contributed by atoms with Gasteiger partial charge in [0.1, 0.15) is 0 Å². The highest BCUT2D eigenvalue weighted by Gasteiger charge is 2.20. The molecule has 33 heavy (non-hydrogen) atoms. The van der Waals surface area contributed by atoms with E-state index in [-0.39, 0.29) is 35.6 Å². The maximum atomic E-state index is 11.8. The van der Waals surface area contributed by atoms with Crippen LogP contribution in [0, 0.1) is 0 Å². The first kappa shape index (κ1) is 27.0. The van der Waals surface area contributed by atoms with Gasteiger partial charge in [0.25, 0.3) is 0 Å². The molecule has 8 heteroatoms. The lowest BCUT2D eigenvalue weighted by atomic mass is 10.1. The predicted molar refractivity (Wildman–Crippen MR) is 144 cm³/mol. The number of nitrogens with one attached hydrogen (secondary N) is 2. The maximum absolute atomic E-state index is 11.8. The Morgan fingerprint density at radius 3 is 2.67 bits per heavy atom. The second kappa shape index (κ2) is 14.8. The van der Waals surface area contributed by atoms with Crippen molar-refractivity contribution in [2.45, 2.75) is 64.6 Å². The third-order valence-electron chi connectivity index (χ3n) is 5.64. The monoisotopic (exact) mass is 568 g/mol. The van der Waals surface area contributed by atoms with Crippen molar-refractivity contribution in [1.82, 2.24) is 15.2 Å². The summed E-state index contributed by atoms with van der Waals surface area (Å²) >= 11 is 0. The maximum Gasteiger partial charge on any atom is 0.250 e. The number of methoxy groups -OCH3 is 1. The highest BCUT2D eigenvalue weighted by molar-refractivity contribution is 14.0. The van der Waals surface area contributed by atoms with Gasteiger partial charge >= 0.3 is 0 Å². The lowest BCUT2D eigenvalue weighted by Crippen LogP contribution is -2.37. The SMILES string of the molecule is CCNC(=NCc1cccc(OC)c1OC1CCCC1)NCCCCn1ccccc1=O.I. The van der Waals surface area contributed by atoms with Gasteiger partial charge in [0.2, 0.25) is 5.56 Å². The summed E-state index contributed by atoms with van der Waals surface area (Å²) in [6.07, 6.45) is 8.60. The van der Waals surface area contributed by atoms with Crippen LogP contribution in [0.25, 0.3) is 0 Å². The van der Waals surface area contributed by atoms with Crippen LogP contribution in [0.2, 0.25) is 0 Å². The summed E-state index contributed by atoms with van der Waals surface area (Å²) in [5.74, 6) is 2.35. The first-order valence-corrected chi connectivity index (χ1v) is 11.7. The number of benzene rings is 1. The Labute approximate surface area is 214 Å². The quantitative estimate of drug-likeness (QED) is 0.183. The number of hydrogen-bond donors (Lipinski definition) is 2. The normalized spacial score (nSPS) is 13.9. The molecule has 182 valence electrons. The Morgan fingerprint density at radius 2 is 1.94 bits per heavy atom. The van der Waals surface area contributed by atoms with Crippen LogP contribution in [-0.2, 0) is 13.1 Å². The lowest BCUT2D eigenvalue weighted by Gasteiger charge is -2.19. The van der Waals surface area contributed by atoms with Gasteiger partial charge in [-0.1, -0.05) is 18.2 Å². The van der Waals surface area contributed by atoms with Gasteiger partial charge in [-0.25, -0.2) is 4.99 Å². The number of unbranched alkanes of at least 4 members (excludes halogenated alkanes) is 1. The van der Waals surface area contributed by atoms with Gasteiger partial charge in [0.15, 0.2) is 17.5 Å². The van der Waals surface area contributed by atoms with Crippen LogP contribution in [-0.4, -0.2) is 36.8 Å². The summed E-state index contributed by atoms with van der Waals surface area (Å²) in [5.41, 5.74) is 1.07. The fraction of sp³-hybridized carbons (Fsp3) is 0.520. The molecule has 2 N–H and O–H groups in total. The molecule has 1 fully saturated rings. The molecule has 1 saturated carbocycles. The molecule has 1 aromatic carbocycles. The summed E-state index contributed by atoms with van der Waals surface area (Å²) in [4.78, 5) is 16.5. The van der Waals surface area contributed by atoms with E-state index in [2.05, 4.69) is 23.6 Å². The zero-order valence-corrected chi connectivity index (χ0v) is 22.0. The second-order valence-electron chi connectivity index (χ2n) is 8.03. The van der Waals surface area contributed by atoms with Crippen molar-refractivity contribution in [3.8, 4) is 11.5 Å². The number of ether oxygens (including phenoxy) is 2. The van der Waals surface area contributed by atoms with Gasteiger partial charge < -0.3 is 24.7 Å². The number of guanidine groups is 1. The van der Waals surface area contributed by atoms with E-state index in [1.54, 1.807) is 23.8 Å². The van der Waals surface area contributed by atoms with E-state index in [9.17, 15) is 4.79 Å². The number of halogens is 1. The Hall–Kier alpha value is -2.23. The fourth-order valence-corrected chi connectivity index (χ4v) is 3.92. The summed E-state index contributed by atoms with van der Waals surface area (Å²) in [6, 6.07) is 11.2. The average molecular weight is 569 g/mol. The number of aryl methyl sites for hydroxylation is 1. The van der Waals surface area contributed by atoms with Gasteiger partial charge in [0, 0.05) is 37.5 Å². The third kappa shape index (κ3) is 8.57. The van der Waals surface area contributed by atoms with Crippen molar-refractivity contribution in [3.63, 3.8) is 0 Å². The minimum absolute atomic E-state index is 0. The molecule has 3 rings (SSSR count). The molecule has 1 aliphatic rings. The Balaban J connectivity index is 0.00000385. The molecule has 1 aliphatic carbocycles. The molecule has 0 atom stereocenters. The molecule has 7 nitrogen and oxygen atoms in total. The molecule has 2 aromatic rings. The summed E-state index contributed by atoms with van der Waals surface area (Å²) in [5, 5.41) is 6.70. The molecular formula is C25H37IN4O3. The minimum atomic E-state index is 0. The standard InChI is InChI=1S/C25H36N4O3.HI/c1-3-26-25(27-16-7-9-18-29-17-8-6-15-23(29)30)28-19-20-11-10-14-22(31-2)24(20)32-21-12-4-5-13-21;/h6,8,10-11,14-15,17,21H,3-5,7,9,12-13,16,18-19H2,1-2H3,(H2,26,27,28);1H.